The average molecular weight is 167 g/mol. The molecule has 0 N–H and O–H groups in total. The van der Waals surface area contributed by atoms with Crippen molar-refractivity contribution in [2.75, 3.05) is 13.1 Å². The van der Waals surface area contributed by atoms with Crippen molar-refractivity contribution in [1.29, 1.82) is 0 Å². The van der Waals surface area contributed by atoms with Crippen molar-refractivity contribution in [3.63, 3.8) is 0 Å². The van der Waals surface area contributed by atoms with Gasteiger partial charge in [0.05, 0.1) is 0 Å². The molecule has 1 nitrogen and oxygen atoms in total. The summed E-state index contributed by atoms with van der Waals surface area (Å²) < 4.78 is 0. The lowest BCUT2D eigenvalue weighted by Gasteiger charge is -2.42. The lowest BCUT2D eigenvalue weighted by Crippen LogP contribution is -2.45. The van der Waals surface area contributed by atoms with Crippen LogP contribution in [0.4, 0.5) is 0 Å². The van der Waals surface area contributed by atoms with E-state index in [-0.39, 0.29) is 0 Å². The summed E-state index contributed by atoms with van der Waals surface area (Å²) in [6.07, 6.45) is 8.79. The first kappa shape index (κ1) is 8.55. The van der Waals surface area contributed by atoms with Crippen LogP contribution in [0.25, 0.3) is 0 Å². The van der Waals surface area contributed by atoms with E-state index in [0.717, 1.165) is 12.0 Å². The molecule has 2 saturated heterocycles. The van der Waals surface area contributed by atoms with Crippen LogP contribution in [0.15, 0.2) is 0 Å². The topological polar surface area (TPSA) is 3.24 Å². The van der Waals surface area contributed by atoms with Gasteiger partial charge in [-0.25, -0.2) is 0 Å². The van der Waals surface area contributed by atoms with E-state index < -0.39 is 0 Å². The van der Waals surface area contributed by atoms with Gasteiger partial charge in [-0.3, -0.25) is 0 Å². The Bertz CT molecular complexity index is 144. The van der Waals surface area contributed by atoms with Gasteiger partial charge in [0.25, 0.3) is 0 Å². The van der Waals surface area contributed by atoms with Crippen molar-refractivity contribution in [2.45, 2.75) is 51.5 Å². The third-order valence-electron chi connectivity index (χ3n) is 3.76. The third-order valence-corrected chi connectivity index (χ3v) is 3.76. The van der Waals surface area contributed by atoms with Crippen molar-refractivity contribution in [3.05, 3.63) is 0 Å². The van der Waals surface area contributed by atoms with Crippen molar-refractivity contribution >= 4 is 0 Å². The fourth-order valence-corrected chi connectivity index (χ4v) is 2.84. The highest BCUT2D eigenvalue weighted by atomic mass is 15.2. The summed E-state index contributed by atoms with van der Waals surface area (Å²) in [5.41, 5.74) is 0. The summed E-state index contributed by atoms with van der Waals surface area (Å²) in [4.78, 5) is 2.73. The fraction of sp³-hybridized carbons (Fsp3) is 1.00. The third kappa shape index (κ3) is 1.66. The monoisotopic (exact) mass is 167 g/mol. The lowest BCUT2D eigenvalue weighted by atomic mass is 9.85. The Morgan fingerprint density at radius 2 is 2.08 bits per heavy atom. The van der Waals surface area contributed by atoms with Crippen molar-refractivity contribution < 1.29 is 0 Å². The van der Waals surface area contributed by atoms with E-state index in [2.05, 4.69) is 11.8 Å². The molecule has 70 valence electrons. The second-order valence-corrected chi connectivity index (χ2v) is 4.48. The van der Waals surface area contributed by atoms with Gasteiger partial charge in [-0.1, -0.05) is 19.8 Å². The minimum Gasteiger partial charge on any atom is -0.300 e. The summed E-state index contributed by atoms with van der Waals surface area (Å²) in [5, 5.41) is 0. The predicted octanol–water partition coefficient (Wildman–Crippen LogP) is 2.66. The smallest absolute Gasteiger partial charge is 0.00979 e. The Labute approximate surface area is 76.1 Å². The first-order chi connectivity index (χ1) is 5.90. The summed E-state index contributed by atoms with van der Waals surface area (Å²) >= 11 is 0. The molecule has 2 fully saturated rings. The molecule has 0 aromatic carbocycles. The van der Waals surface area contributed by atoms with Gasteiger partial charge in [0.1, 0.15) is 0 Å². The summed E-state index contributed by atoms with van der Waals surface area (Å²) in [5.74, 6) is 1.05. The molecule has 0 amide bonds. The molecule has 2 aliphatic heterocycles. The maximum Gasteiger partial charge on any atom is 0.00979 e. The van der Waals surface area contributed by atoms with Crippen LogP contribution >= 0.6 is 0 Å². The van der Waals surface area contributed by atoms with E-state index in [1.807, 2.05) is 0 Å². The number of piperidine rings is 2. The van der Waals surface area contributed by atoms with Crippen LogP contribution in [-0.4, -0.2) is 24.0 Å². The summed E-state index contributed by atoms with van der Waals surface area (Å²) in [6, 6.07) is 0.970. The Kier molecular flexibility index (Phi) is 2.69. The van der Waals surface area contributed by atoms with Gasteiger partial charge >= 0.3 is 0 Å². The van der Waals surface area contributed by atoms with Crippen LogP contribution < -0.4 is 0 Å². The van der Waals surface area contributed by atoms with Gasteiger partial charge in [0, 0.05) is 6.04 Å². The quantitative estimate of drug-likeness (QED) is 0.580. The number of hydrogen-bond donors (Lipinski definition) is 0. The SMILES string of the molecule is CCC1CCN2CCCCC2C1. The second kappa shape index (κ2) is 3.78. The molecule has 2 unspecified atom stereocenters. The molecule has 0 saturated carbocycles. The summed E-state index contributed by atoms with van der Waals surface area (Å²) in [7, 11) is 0. The van der Waals surface area contributed by atoms with E-state index in [9.17, 15) is 0 Å². The first-order valence-corrected chi connectivity index (χ1v) is 5.64. The second-order valence-electron chi connectivity index (χ2n) is 4.48. The van der Waals surface area contributed by atoms with Crippen LogP contribution in [0.2, 0.25) is 0 Å². The van der Waals surface area contributed by atoms with Gasteiger partial charge in [-0.2, -0.15) is 0 Å². The lowest BCUT2D eigenvalue weighted by molar-refractivity contribution is 0.0776. The zero-order valence-electron chi connectivity index (χ0n) is 8.26. The molecule has 0 radical (unpaired) electrons. The maximum absolute atomic E-state index is 2.73. The molecule has 2 rings (SSSR count). The van der Waals surface area contributed by atoms with Gasteiger partial charge in [0.2, 0.25) is 0 Å². The molecule has 0 aromatic rings. The van der Waals surface area contributed by atoms with E-state index in [0.29, 0.717) is 0 Å². The molecule has 2 aliphatic rings. The highest BCUT2D eigenvalue weighted by molar-refractivity contribution is 4.83. The number of hydrogen-bond acceptors (Lipinski definition) is 1. The molecule has 12 heavy (non-hydrogen) atoms. The van der Waals surface area contributed by atoms with Crippen molar-refractivity contribution in [3.8, 4) is 0 Å². The van der Waals surface area contributed by atoms with Gasteiger partial charge in [-0.15, -0.1) is 0 Å². The van der Waals surface area contributed by atoms with Crippen molar-refractivity contribution in [1.82, 2.24) is 4.90 Å². The number of nitrogens with zero attached hydrogens (tertiary/aromatic N) is 1. The Hall–Kier alpha value is -0.0400. The minimum absolute atomic E-state index is 0.970. The molecule has 0 aliphatic carbocycles. The Morgan fingerprint density at radius 1 is 1.17 bits per heavy atom. The zero-order chi connectivity index (χ0) is 8.39. The molecule has 0 spiro atoms. The molecule has 0 aromatic heterocycles. The molecular weight excluding hydrogens is 146 g/mol. The predicted molar refractivity (Wildman–Crippen MR) is 52.2 cm³/mol. The van der Waals surface area contributed by atoms with E-state index in [1.165, 1.54) is 51.6 Å². The zero-order valence-corrected chi connectivity index (χ0v) is 8.26. The normalized spacial score (nSPS) is 37.8. The average Bonchev–Trinajstić information content (AvgIpc) is 2.17. The fourth-order valence-electron chi connectivity index (χ4n) is 2.84. The highest BCUT2D eigenvalue weighted by Crippen LogP contribution is 2.30. The van der Waals surface area contributed by atoms with Gasteiger partial charge < -0.3 is 4.90 Å². The Morgan fingerprint density at radius 3 is 2.92 bits per heavy atom. The standard InChI is InChI=1S/C11H21N/c1-2-10-6-8-12-7-4-3-5-11(12)9-10/h10-11H,2-9H2,1H3. The highest BCUT2D eigenvalue weighted by Gasteiger charge is 2.28. The van der Waals surface area contributed by atoms with E-state index in [4.69, 9.17) is 0 Å². The summed E-state index contributed by atoms with van der Waals surface area (Å²) in [6.45, 7) is 5.13. The number of rotatable bonds is 1. The number of fused-ring (bicyclic) bond motifs is 1. The van der Waals surface area contributed by atoms with E-state index in [1.54, 1.807) is 0 Å². The molecule has 2 atom stereocenters. The van der Waals surface area contributed by atoms with Crippen molar-refractivity contribution in [2.24, 2.45) is 5.92 Å². The molecular formula is C11H21N. The van der Waals surface area contributed by atoms with Crippen LogP contribution in [0.5, 0.6) is 0 Å². The van der Waals surface area contributed by atoms with Gasteiger partial charge in [-0.05, 0) is 44.7 Å². The van der Waals surface area contributed by atoms with E-state index >= 15 is 0 Å². The minimum atomic E-state index is 0.970. The first-order valence-electron chi connectivity index (χ1n) is 5.64. The largest absolute Gasteiger partial charge is 0.300 e. The van der Waals surface area contributed by atoms with Gasteiger partial charge in [0.15, 0.2) is 0 Å². The molecule has 2 heterocycles. The van der Waals surface area contributed by atoms with Crippen LogP contribution in [-0.2, 0) is 0 Å². The van der Waals surface area contributed by atoms with Crippen LogP contribution in [0.1, 0.15) is 45.4 Å². The van der Waals surface area contributed by atoms with Crippen LogP contribution in [0.3, 0.4) is 0 Å². The molecule has 0 bridgehead atoms. The Balaban J connectivity index is 1.90. The van der Waals surface area contributed by atoms with Crippen LogP contribution in [0, 0.1) is 5.92 Å². The maximum atomic E-state index is 2.73. The molecule has 1 heteroatoms.